The molecule has 1 saturated heterocycles. The molecule has 1 heterocycles. The van der Waals surface area contributed by atoms with Gasteiger partial charge in [-0.15, -0.1) is 0 Å². The number of carboxylic acids is 1. The number of benzene rings is 1. The quantitative estimate of drug-likeness (QED) is 0.898. The molecule has 1 aliphatic rings. The molecule has 5 nitrogen and oxygen atoms in total. The average molecular weight is 277 g/mol. The maximum Gasteiger partial charge on any atom is 0.410 e. The highest BCUT2D eigenvalue weighted by atomic mass is 16.6. The van der Waals surface area contributed by atoms with Gasteiger partial charge >= 0.3 is 12.1 Å². The van der Waals surface area contributed by atoms with Crippen molar-refractivity contribution in [2.24, 2.45) is 0 Å². The number of hydrogen-bond donors (Lipinski definition) is 1. The van der Waals surface area contributed by atoms with Gasteiger partial charge in [-0.3, -0.25) is 9.69 Å². The zero-order valence-electron chi connectivity index (χ0n) is 11.8. The van der Waals surface area contributed by atoms with Gasteiger partial charge in [-0.25, -0.2) is 4.79 Å². The summed E-state index contributed by atoms with van der Waals surface area (Å²) in [7, 11) is 0. The van der Waals surface area contributed by atoms with Gasteiger partial charge in [-0.05, 0) is 25.8 Å². The van der Waals surface area contributed by atoms with Gasteiger partial charge in [-0.1, -0.05) is 29.8 Å². The molecule has 0 spiro atoms. The maximum absolute atomic E-state index is 11.9. The van der Waals surface area contributed by atoms with Crippen LogP contribution in [-0.2, 0) is 16.1 Å². The van der Waals surface area contributed by atoms with E-state index in [4.69, 9.17) is 9.84 Å². The summed E-state index contributed by atoms with van der Waals surface area (Å²) in [4.78, 5) is 24.2. The number of nitrogens with zero attached hydrogens (tertiary/aromatic N) is 1. The third-order valence-corrected chi connectivity index (χ3v) is 3.72. The van der Waals surface area contributed by atoms with Gasteiger partial charge in [0.2, 0.25) is 0 Å². The third kappa shape index (κ3) is 3.10. The molecule has 0 radical (unpaired) electrons. The predicted octanol–water partition coefficient (Wildman–Crippen LogP) is 2.57. The van der Waals surface area contributed by atoms with Crippen LogP contribution in [0.15, 0.2) is 24.3 Å². The van der Waals surface area contributed by atoms with Crippen LogP contribution in [0.1, 0.15) is 30.9 Å². The Morgan fingerprint density at radius 3 is 2.65 bits per heavy atom. The number of rotatable bonds is 5. The van der Waals surface area contributed by atoms with Crippen LogP contribution in [0.5, 0.6) is 0 Å². The van der Waals surface area contributed by atoms with Crippen molar-refractivity contribution in [3.63, 3.8) is 0 Å². The number of aryl methyl sites for hydroxylation is 1. The average Bonchev–Trinajstić information content (AvgIpc) is 2.68. The van der Waals surface area contributed by atoms with Crippen molar-refractivity contribution in [2.45, 2.75) is 38.8 Å². The molecule has 0 aliphatic carbocycles. The van der Waals surface area contributed by atoms with E-state index in [1.165, 1.54) is 0 Å². The smallest absolute Gasteiger partial charge is 0.410 e. The summed E-state index contributed by atoms with van der Waals surface area (Å²) in [6, 6.07) is 7.92. The summed E-state index contributed by atoms with van der Waals surface area (Å²) in [5.41, 5.74) is 1.61. The normalized spacial score (nSPS) is 21.9. The Labute approximate surface area is 118 Å². The molecular weight excluding hydrogens is 258 g/mol. The lowest BCUT2D eigenvalue weighted by atomic mass is 9.95. The summed E-state index contributed by atoms with van der Waals surface area (Å²) in [5.74, 6) is -0.860. The van der Waals surface area contributed by atoms with Crippen molar-refractivity contribution < 1.29 is 19.4 Å². The first-order valence-electron chi connectivity index (χ1n) is 6.62. The topological polar surface area (TPSA) is 66.8 Å². The van der Waals surface area contributed by atoms with Crippen molar-refractivity contribution in [3.05, 3.63) is 35.4 Å². The minimum atomic E-state index is -0.860. The molecule has 1 atom stereocenters. The van der Waals surface area contributed by atoms with Gasteiger partial charge in [0.05, 0.1) is 5.54 Å². The molecule has 0 saturated carbocycles. The number of carboxylic acid groups (broad SMARTS) is 1. The van der Waals surface area contributed by atoms with E-state index >= 15 is 0 Å². The van der Waals surface area contributed by atoms with Crippen LogP contribution in [0.2, 0.25) is 0 Å². The summed E-state index contributed by atoms with van der Waals surface area (Å²) < 4.78 is 5.10. The first kappa shape index (κ1) is 14.4. The third-order valence-electron chi connectivity index (χ3n) is 3.72. The lowest BCUT2D eigenvalue weighted by molar-refractivity contribution is -0.137. The Kier molecular flexibility index (Phi) is 3.97. The highest BCUT2D eigenvalue weighted by Gasteiger charge is 2.43. The van der Waals surface area contributed by atoms with Gasteiger partial charge in [0, 0.05) is 13.0 Å². The minimum Gasteiger partial charge on any atom is -0.481 e. The first-order valence-corrected chi connectivity index (χ1v) is 6.62. The van der Waals surface area contributed by atoms with Crippen molar-refractivity contribution in [1.82, 2.24) is 4.90 Å². The van der Waals surface area contributed by atoms with E-state index in [1.807, 2.05) is 38.1 Å². The highest BCUT2D eigenvalue weighted by Crippen LogP contribution is 2.30. The Hall–Kier alpha value is -2.04. The Bertz CT molecular complexity index is 511. The van der Waals surface area contributed by atoms with Crippen LogP contribution in [0.3, 0.4) is 0 Å². The Morgan fingerprint density at radius 1 is 1.40 bits per heavy atom. The van der Waals surface area contributed by atoms with E-state index < -0.39 is 11.5 Å². The molecule has 1 N–H and O–H groups in total. The van der Waals surface area contributed by atoms with Crippen LogP contribution < -0.4 is 0 Å². The van der Waals surface area contributed by atoms with Gasteiger partial charge in [0.1, 0.15) is 6.61 Å². The fraction of sp³-hybridized carbons (Fsp3) is 0.467. The number of cyclic esters (lactones) is 1. The second-order valence-electron chi connectivity index (χ2n) is 5.52. The molecule has 0 bridgehead atoms. The Balaban J connectivity index is 2.11. The van der Waals surface area contributed by atoms with Crippen molar-refractivity contribution in [3.8, 4) is 0 Å². The fourth-order valence-electron chi connectivity index (χ4n) is 2.31. The summed E-state index contributed by atoms with van der Waals surface area (Å²) >= 11 is 0. The van der Waals surface area contributed by atoms with E-state index in [0.717, 1.165) is 11.1 Å². The van der Waals surface area contributed by atoms with Gasteiger partial charge in [-0.2, -0.15) is 0 Å². The molecule has 5 heteroatoms. The second-order valence-corrected chi connectivity index (χ2v) is 5.52. The standard InChI is InChI=1S/C15H19NO4/c1-11-3-5-12(6-4-11)9-16-14(19)20-10-15(16,2)8-7-13(17)18/h3-6H,7-10H2,1-2H3,(H,17,18). The van der Waals surface area contributed by atoms with Crippen molar-refractivity contribution in [1.29, 1.82) is 0 Å². The van der Waals surface area contributed by atoms with Crippen LogP contribution in [0, 0.1) is 6.92 Å². The summed E-state index contributed by atoms with van der Waals surface area (Å²) in [6.45, 7) is 4.56. The molecule has 2 rings (SSSR count). The molecule has 1 aromatic rings. The van der Waals surface area contributed by atoms with E-state index in [9.17, 15) is 9.59 Å². The Morgan fingerprint density at radius 2 is 2.05 bits per heavy atom. The molecule has 1 aliphatic heterocycles. The number of amides is 1. The molecule has 20 heavy (non-hydrogen) atoms. The monoisotopic (exact) mass is 277 g/mol. The van der Waals surface area contributed by atoms with Crippen LogP contribution in [-0.4, -0.2) is 34.2 Å². The van der Waals surface area contributed by atoms with Gasteiger partial charge in [0.15, 0.2) is 0 Å². The summed E-state index contributed by atoms with van der Waals surface area (Å²) in [5, 5.41) is 8.82. The van der Waals surface area contributed by atoms with Gasteiger partial charge in [0.25, 0.3) is 0 Å². The molecule has 1 unspecified atom stereocenters. The van der Waals surface area contributed by atoms with Gasteiger partial charge < -0.3 is 9.84 Å². The number of carbonyl (C=O) groups is 2. The fourth-order valence-corrected chi connectivity index (χ4v) is 2.31. The predicted molar refractivity (Wildman–Crippen MR) is 73.3 cm³/mol. The highest BCUT2D eigenvalue weighted by molar-refractivity contribution is 5.72. The molecular formula is C15H19NO4. The van der Waals surface area contributed by atoms with E-state index in [1.54, 1.807) is 4.90 Å². The SMILES string of the molecule is Cc1ccc(CN2C(=O)OCC2(C)CCC(=O)O)cc1. The van der Waals surface area contributed by atoms with Crippen molar-refractivity contribution >= 4 is 12.1 Å². The van der Waals surface area contributed by atoms with Crippen LogP contribution >= 0.6 is 0 Å². The zero-order valence-corrected chi connectivity index (χ0v) is 11.8. The van der Waals surface area contributed by atoms with Crippen LogP contribution in [0.4, 0.5) is 4.79 Å². The van der Waals surface area contributed by atoms with E-state index in [2.05, 4.69) is 0 Å². The van der Waals surface area contributed by atoms with Crippen LogP contribution in [0.25, 0.3) is 0 Å². The molecule has 1 fully saturated rings. The van der Waals surface area contributed by atoms with E-state index in [-0.39, 0.29) is 19.1 Å². The van der Waals surface area contributed by atoms with E-state index in [0.29, 0.717) is 13.0 Å². The zero-order chi connectivity index (χ0) is 14.8. The number of aliphatic carboxylic acids is 1. The first-order chi connectivity index (χ1) is 9.40. The second kappa shape index (κ2) is 5.53. The number of carbonyl (C=O) groups excluding carboxylic acids is 1. The minimum absolute atomic E-state index is 0.0253. The lowest BCUT2D eigenvalue weighted by Crippen LogP contribution is -2.44. The number of ether oxygens (including phenoxy) is 1. The molecule has 108 valence electrons. The largest absolute Gasteiger partial charge is 0.481 e. The summed E-state index contributed by atoms with van der Waals surface area (Å²) in [6.07, 6.45) is 0.0377. The maximum atomic E-state index is 11.9. The molecule has 1 amide bonds. The number of hydrogen-bond acceptors (Lipinski definition) is 3. The molecule has 0 aromatic heterocycles. The molecule has 1 aromatic carbocycles. The van der Waals surface area contributed by atoms with Crippen molar-refractivity contribution in [2.75, 3.05) is 6.61 Å². The lowest BCUT2D eigenvalue weighted by Gasteiger charge is -2.31.